The van der Waals surface area contributed by atoms with Crippen LogP contribution in [0.3, 0.4) is 0 Å². The number of hydrogen-bond acceptors (Lipinski definition) is 12. The fraction of sp³-hybridized carbons (Fsp3) is 0.386. The van der Waals surface area contributed by atoms with Gasteiger partial charge in [0, 0.05) is 53.4 Å². The van der Waals surface area contributed by atoms with E-state index < -0.39 is 0 Å². The largest absolute Gasteiger partial charge is 0.493 e. The summed E-state index contributed by atoms with van der Waals surface area (Å²) in [5.41, 5.74) is 8.78. The van der Waals surface area contributed by atoms with Gasteiger partial charge in [0.2, 0.25) is 5.75 Å². The van der Waals surface area contributed by atoms with E-state index in [1.807, 2.05) is 30.3 Å². The second kappa shape index (κ2) is 17.4. The molecule has 6 rings (SSSR count). The van der Waals surface area contributed by atoms with Crippen molar-refractivity contribution in [2.75, 3.05) is 84.1 Å². The van der Waals surface area contributed by atoms with Gasteiger partial charge in [0.1, 0.15) is 0 Å². The van der Waals surface area contributed by atoms with Gasteiger partial charge in [-0.05, 0) is 85.0 Å². The smallest absolute Gasteiger partial charge is 0.203 e. The molecule has 1 unspecified atom stereocenters. The highest BCUT2D eigenvalue weighted by Gasteiger charge is 2.32. The van der Waals surface area contributed by atoms with Gasteiger partial charge in [0.15, 0.2) is 52.3 Å². The fourth-order valence-corrected chi connectivity index (χ4v) is 8.13. The molecule has 0 saturated heterocycles. The zero-order valence-electron chi connectivity index (χ0n) is 34.0. The van der Waals surface area contributed by atoms with Crippen molar-refractivity contribution in [3.05, 3.63) is 87.0 Å². The summed E-state index contributed by atoms with van der Waals surface area (Å²) in [7, 11) is 16.7. The van der Waals surface area contributed by atoms with E-state index in [4.69, 9.17) is 42.6 Å². The Morgan fingerprint density at radius 3 is 1.88 bits per heavy atom. The molecule has 12 heteroatoms. The van der Waals surface area contributed by atoms with Gasteiger partial charge in [-0.15, -0.1) is 0 Å². The van der Waals surface area contributed by atoms with Crippen molar-refractivity contribution in [1.82, 2.24) is 10.2 Å². The van der Waals surface area contributed by atoms with Crippen molar-refractivity contribution < 1.29 is 47.4 Å². The van der Waals surface area contributed by atoms with Gasteiger partial charge in [0.25, 0.3) is 0 Å². The number of nitrogens with one attached hydrogen (secondary N) is 1. The molecule has 12 nitrogen and oxygen atoms in total. The number of methoxy groups -OCH3 is 9. The molecule has 0 fully saturated rings. The number of aldehydes is 1. The Morgan fingerprint density at radius 2 is 1.27 bits per heavy atom. The third-order valence-corrected chi connectivity index (χ3v) is 10.9. The van der Waals surface area contributed by atoms with Gasteiger partial charge in [0.05, 0.1) is 69.7 Å². The van der Waals surface area contributed by atoms with Crippen LogP contribution in [0.25, 0.3) is 11.3 Å². The lowest BCUT2D eigenvalue weighted by Gasteiger charge is -2.36. The number of likely N-dealkylation sites (N-methyl/N-ethyl adjacent to an activating group) is 1. The molecular weight excluding hydrogens is 716 g/mol. The number of benzene rings is 4. The Morgan fingerprint density at radius 1 is 0.661 bits per heavy atom. The Kier molecular flexibility index (Phi) is 12.4. The molecule has 0 aromatic heterocycles. The third-order valence-electron chi connectivity index (χ3n) is 10.9. The summed E-state index contributed by atoms with van der Waals surface area (Å²) in [4.78, 5) is 15.4. The molecule has 0 spiro atoms. The van der Waals surface area contributed by atoms with E-state index in [2.05, 4.69) is 29.4 Å². The van der Waals surface area contributed by atoms with Gasteiger partial charge in [-0.25, -0.2) is 0 Å². The minimum absolute atomic E-state index is 0.0191. The van der Waals surface area contributed by atoms with Gasteiger partial charge in [-0.2, -0.15) is 0 Å². The van der Waals surface area contributed by atoms with Crippen LogP contribution >= 0.6 is 0 Å². The van der Waals surface area contributed by atoms with Crippen LogP contribution in [0.1, 0.15) is 50.5 Å². The van der Waals surface area contributed by atoms with Gasteiger partial charge in [-0.1, -0.05) is 6.07 Å². The van der Waals surface area contributed by atoms with E-state index in [-0.39, 0.29) is 6.04 Å². The summed E-state index contributed by atoms with van der Waals surface area (Å²) in [5, 5.41) is 3.46. The van der Waals surface area contributed by atoms with E-state index in [1.165, 1.54) is 0 Å². The van der Waals surface area contributed by atoms with E-state index in [0.717, 1.165) is 64.6 Å². The molecule has 2 aliphatic rings. The highest BCUT2D eigenvalue weighted by Crippen LogP contribution is 2.48. The molecule has 4 aromatic rings. The maximum atomic E-state index is 13.0. The molecule has 0 amide bonds. The lowest BCUT2D eigenvalue weighted by Crippen LogP contribution is -2.34. The molecule has 4 aromatic carbocycles. The van der Waals surface area contributed by atoms with Crippen LogP contribution in [0.5, 0.6) is 51.7 Å². The van der Waals surface area contributed by atoms with E-state index in [0.29, 0.717) is 88.0 Å². The average molecular weight is 769 g/mol. The molecule has 0 aliphatic carbocycles. The number of nitrogens with zero attached hydrogens (tertiary/aromatic N) is 1. The molecule has 0 bridgehead atoms. The third kappa shape index (κ3) is 7.21. The standard InChI is InChI=1S/C44H52N2O10/c1-46-16-14-30-32(23-39(52-6)44(56-10)43(30)55-9)34(46)18-28-21-37(50-4)36(49-3)20-27(28)17-26-11-12-29(42(54-8)41(26)53-7)33(24-47)40-31-22-38(51-5)35(48-2)19-25(31)13-15-45-40/h11-12,19-24,34,45H,13-18H2,1-10H3. The number of carbonyl (C=O) groups is 1. The molecule has 56 heavy (non-hydrogen) atoms. The van der Waals surface area contributed by atoms with Crippen LogP contribution in [0.15, 0.2) is 42.5 Å². The number of hydrogen-bond donors (Lipinski definition) is 1. The Balaban J connectivity index is 1.46. The maximum Gasteiger partial charge on any atom is 0.203 e. The number of rotatable bonds is 15. The minimum atomic E-state index is -0.0191. The number of fused-ring (bicyclic) bond motifs is 2. The van der Waals surface area contributed by atoms with Crippen LogP contribution in [-0.4, -0.2) is 95.3 Å². The Hall–Kier alpha value is -5.75. The molecular formula is C44H52N2O10. The predicted octanol–water partition coefficient (Wildman–Crippen LogP) is 6.34. The normalized spacial score (nSPS) is 15.7. The minimum Gasteiger partial charge on any atom is -0.493 e. The van der Waals surface area contributed by atoms with Crippen LogP contribution in [0, 0.1) is 0 Å². The first-order chi connectivity index (χ1) is 27.2. The predicted molar refractivity (Wildman–Crippen MR) is 215 cm³/mol. The van der Waals surface area contributed by atoms with Crippen molar-refractivity contribution in [2.24, 2.45) is 0 Å². The second-order valence-corrected chi connectivity index (χ2v) is 13.6. The monoisotopic (exact) mass is 768 g/mol. The van der Waals surface area contributed by atoms with Crippen LogP contribution in [-0.2, 0) is 30.5 Å². The number of carbonyl (C=O) groups excluding carboxylic acids is 1. The number of allylic oxidation sites excluding steroid dienone is 1. The van der Waals surface area contributed by atoms with Crippen molar-refractivity contribution >= 4 is 17.6 Å². The lowest BCUT2D eigenvalue weighted by atomic mass is 9.85. The first-order valence-corrected chi connectivity index (χ1v) is 18.4. The molecule has 1 N–H and O–H groups in total. The van der Waals surface area contributed by atoms with Crippen molar-refractivity contribution in [1.29, 1.82) is 0 Å². The summed E-state index contributed by atoms with van der Waals surface area (Å²) in [6.07, 6.45) is 3.54. The Bertz CT molecular complexity index is 2130. The van der Waals surface area contributed by atoms with E-state index >= 15 is 0 Å². The Labute approximate surface area is 329 Å². The van der Waals surface area contributed by atoms with E-state index in [9.17, 15) is 4.79 Å². The van der Waals surface area contributed by atoms with Gasteiger partial charge in [-0.3, -0.25) is 9.69 Å². The first kappa shape index (κ1) is 39.9. The quantitative estimate of drug-likeness (QED) is 0.108. The molecule has 2 heterocycles. The summed E-state index contributed by atoms with van der Waals surface area (Å²) in [6.45, 7) is 1.47. The molecule has 0 saturated carbocycles. The van der Waals surface area contributed by atoms with E-state index in [1.54, 1.807) is 64.0 Å². The average Bonchev–Trinajstić information content (AvgIpc) is 3.23. The summed E-state index contributed by atoms with van der Waals surface area (Å²) in [5.74, 6) is 5.32. The zero-order valence-corrected chi connectivity index (χ0v) is 34.0. The molecule has 298 valence electrons. The first-order valence-electron chi connectivity index (χ1n) is 18.4. The zero-order chi connectivity index (χ0) is 40.1. The van der Waals surface area contributed by atoms with Crippen molar-refractivity contribution in [3.8, 4) is 51.7 Å². The van der Waals surface area contributed by atoms with Crippen LogP contribution < -0.4 is 47.9 Å². The SMILES string of the molecule is COc1cc(Cc2ccc(C(C=O)=C3NCCc4cc(OC)c(OC)cc43)c(OC)c2OC)c(CC2c3cc(OC)c(OC)c(OC)c3CCN2C)cc1OC. The number of ether oxygens (including phenoxy) is 9. The highest BCUT2D eigenvalue weighted by atomic mass is 16.5. The fourth-order valence-electron chi connectivity index (χ4n) is 8.13. The summed E-state index contributed by atoms with van der Waals surface area (Å²) >= 11 is 0. The molecule has 0 radical (unpaired) electrons. The van der Waals surface area contributed by atoms with Gasteiger partial charge < -0.3 is 47.9 Å². The topological polar surface area (TPSA) is 115 Å². The van der Waals surface area contributed by atoms with Crippen LogP contribution in [0.4, 0.5) is 0 Å². The van der Waals surface area contributed by atoms with Crippen molar-refractivity contribution in [3.63, 3.8) is 0 Å². The van der Waals surface area contributed by atoms with Crippen molar-refractivity contribution in [2.45, 2.75) is 31.7 Å². The van der Waals surface area contributed by atoms with Crippen LogP contribution in [0.2, 0.25) is 0 Å². The highest BCUT2D eigenvalue weighted by molar-refractivity contribution is 6.18. The summed E-state index contributed by atoms with van der Waals surface area (Å²) in [6, 6.07) is 13.9. The maximum absolute atomic E-state index is 13.0. The lowest BCUT2D eigenvalue weighted by molar-refractivity contribution is -0.103. The summed E-state index contributed by atoms with van der Waals surface area (Å²) < 4.78 is 52.4. The van der Waals surface area contributed by atoms with Gasteiger partial charge >= 0.3 is 0 Å². The second-order valence-electron chi connectivity index (χ2n) is 13.6. The molecule has 2 aliphatic heterocycles. The molecule has 1 atom stereocenters.